The van der Waals surface area contributed by atoms with Crippen LogP contribution in [0.15, 0.2) is 17.4 Å². The van der Waals surface area contributed by atoms with Crippen LogP contribution in [0.1, 0.15) is 47.0 Å². The smallest absolute Gasteiger partial charge is 0.408 e. The average Bonchev–Trinajstić information content (AvgIpc) is 2.09. The molecule has 0 aromatic rings. The molecule has 106 valence electrons. The molecule has 3 fully saturated rings. The molecule has 0 spiro atoms. The summed E-state index contributed by atoms with van der Waals surface area (Å²) in [5.74, 6) is 0.688. The second-order valence-electron chi connectivity index (χ2n) is 6.68. The van der Waals surface area contributed by atoms with Crippen LogP contribution in [0.25, 0.3) is 0 Å². The van der Waals surface area contributed by atoms with Gasteiger partial charge in [-0.3, -0.25) is 0 Å². The van der Waals surface area contributed by atoms with E-state index < -0.39 is 5.60 Å². The number of carbonyl (C=O) groups excluding carboxylic acids is 1. The van der Waals surface area contributed by atoms with Crippen molar-refractivity contribution in [3.8, 4) is 0 Å². The van der Waals surface area contributed by atoms with E-state index in [2.05, 4.69) is 22.2 Å². The Morgan fingerprint density at radius 2 is 1.79 bits per heavy atom. The van der Waals surface area contributed by atoms with Crippen LogP contribution in [0.5, 0.6) is 0 Å². The van der Waals surface area contributed by atoms with Crippen LogP contribution < -0.4 is 10.6 Å². The van der Waals surface area contributed by atoms with Crippen LogP contribution in [0.4, 0.5) is 4.79 Å². The lowest BCUT2D eigenvalue weighted by atomic mass is 9.44. The monoisotopic (exact) mass is 265 g/mol. The van der Waals surface area contributed by atoms with Gasteiger partial charge in [0, 0.05) is 11.8 Å². The first-order valence-corrected chi connectivity index (χ1v) is 6.65. The number of amides is 1. The van der Waals surface area contributed by atoms with Crippen LogP contribution in [-0.2, 0) is 4.74 Å². The Balaban J connectivity index is 1.77. The number of hydrogen-bond donors (Lipinski definition) is 2. The van der Waals surface area contributed by atoms with Gasteiger partial charge in [0.05, 0.1) is 5.54 Å². The number of ether oxygens (including phenoxy) is 1. The first-order valence-electron chi connectivity index (χ1n) is 6.65. The third-order valence-corrected chi connectivity index (χ3v) is 3.49. The lowest BCUT2D eigenvalue weighted by Crippen LogP contribution is -2.83. The van der Waals surface area contributed by atoms with Gasteiger partial charge in [-0.2, -0.15) is 0 Å². The molecular weight excluding hydrogens is 242 g/mol. The number of nitrogens with zero attached hydrogens (tertiary/aromatic N) is 1. The fourth-order valence-electron chi connectivity index (χ4n) is 3.07. The molecule has 3 saturated carbocycles. The van der Waals surface area contributed by atoms with Gasteiger partial charge in [0.25, 0.3) is 0 Å². The zero-order valence-electron chi connectivity index (χ0n) is 12.2. The van der Waals surface area contributed by atoms with Gasteiger partial charge in [-0.1, -0.05) is 6.58 Å². The molecule has 0 aromatic carbocycles. The highest BCUT2D eigenvalue weighted by atomic mass is 16.6. The fourth-order valence-corrected chi connectivity index (χ4v) is 3.07. The minimum Gasteiger partial charge on any atom is -0.444 e. The topological polar surface area (TPSA) is 62.7 Å². The Kier molecular flexibility index (Phi) is 3.11. The lowest BCUT2D eigenvalue weighted by molar-refractivity contribution is -0.0980. The van der Waals surface area contributed by atoms with E-state index >= 15 is 0 Å². The molecule has 19 heavy (non-hydrogen) atoms. The van der Waals surface area contributed by atoms with E-state index in [9.17, 15) is 4.79 Å². The first kappa shape index (κ1) is 13.9. The molecule has 2 bridgehead atoms. The summed E-state index contributed by atoms with van der Waals surface area (Å²) < 4.78 is 5.27. The summed E-state index contributed by atoms with van der Waals surface area (Å²) >= 11 is 0. The maximum Gasteiger partial charge on any atom is 0.408 e. The van der Waals surface area contributed by atoms with Gasteiger partial charge in [0.1, 0.15) is 11.4 Å². The molecule has 3 rings (SSSR count). The third-order valence-electron chi connectivity index (χ3n) is 3.49. The van der Waals surface area contributed by atoms with E-state index in [0.717, 1.165) is 19.3 Å². The van der Waals surface area contributed by atoms with Crippen molar-refractivity contribution in [2.75, 3.05) is 0 Å². The minimum absolute atomic E-state index is 0.0778. The number of aliphatic imine (C=N–C) groups is 1. The molecule has 3 aliphatic rings. The molecule has 1 amide bonds. The highest BCUT2D eigenvalue weighted by Gasteiger charge is 2.69. The Bertz CT molecular complexity index is 415. The largest absolute Gasteiger partial charge is 0.444 e. The third kappa shape index (κ3) is 2.91. The second-order valence-corrected chi connectivity index (χ2v) is 6.68. The fraction of sp³-hybridized carbons (Fsp3) is 0.714. The highest BCUT2D eigenvalue weighted by Crippen LogP contribution is 2.60. The van der Waals surface area contributed by atoms with Crippen LogP contribution >= 0.6 is 0 Å². The summed E-state index contributed by atoms with van der Waals surface area (Å²) in [6.45, 7) is 11.3. The average molecular weight is 265 g/mol. The van der Waals surface area contributed by atoms with Crippen LogP contribution in [0.3, 0.4) is 0 Å². The lowest BCUT2D eigenvalue weighted by Gasteiger charge is -2.70. The Hall–Kier alpha value is -1.52. The van der Waals surface area contributed by atoms with Gasteiger partial charge < -0.3 is 15.4 Å². The highest BCUT2D eigenvalue weighted by molar-refractivity contribution is 5.70. The van der Waals surface area contributed by atoms with Gasteiger partial charge in [0.15, 0.2) is 0 Å². The van der Waals surface area contributed by atoms with Crippen molar-refractivity contribution in [1.82, 2.24) is 10.6 Å². The maximum atomic E-state index is 11.7. The SMILES string of the molecule is C=C(N=CC)NC12CC(NC(=O)OC(C)(C)C)(C1)C2. The second kappa shape index (κ2) is 4.25. The molecule has 5 nitrogen and oxygen atoms in total. The Labute approximate surface area is 114 Å². The summed E-state index contributed by atoms with van der Waals surface area (Å²) in [7, 11) is 0. The van der Waals surface area contributed by atoms with Crippen molar-refractivity contribution >= 4 is 12.3 Å². The summed E-state index contributed by atoms with van der Waals surface area (Å²) in [4.78, 5) is 15.8. The van der Waals surface area contributed by atoms with Crippen molar-refractivity contribution < 1.29 is 9.53 Å². The van der Waals surface area contributed by atoms with Crippen LogP contribution in [0.2, 0.25) is 0 Å². The molecular formula is C14H23N3O2. The van der Waals surface area contributed by atoms with Gasteiger partial charge in [0.2, 0.25) is 0 Å². The number of rotatable bonds is 4. The summed E-state index contributed by atoms with van der Waals surface area (Å²) in [6, 6.07) is 0. The minimum atomic E-state index is -0.451. The zero-order valence-corrected chi connectivity index (χ0v) is 12.2. The zero-order chi connectivity index (χ0) is 14.3. The number of nitrogens with one attached hydrogen (secondary N) is 2. The Morgan fingerprint density at radius 1 is 1.26 bits per heavy atom. The number of alkyl carbamates (subject to hydrolysis) is 1. The van der Waals surface area contributed by atoms with Crippen molar-refractivity contribution in [2.24, 2.45) is 4.99 Å². The molecule has 5 heteroatoms. The molecule has 0 saturated heterocycles. The van der Waals surface area contributed by atoms with Gasteiger partial charge in [-0.25, -0.2) is 9.79 Å². The van der Waals surface area contributed by atoms with Crippen molar-refractivity contribution in [3.05, 3.63) is 12.4 Å². The molecule has 0 radical (unpaired) electrons. The van der Waals surface area contributed by atoms with Crippen LogP contribution in [0, 0.1) is 0 Å². The maximum absolute atomic E-state index is 11.7. The van der Waals surface area contributed by atoms with Crippen molar-refractivity contribution in [1.29, 1.82) is 0 Å². The van der Waals surface area contributed by atoms with Crippen molar-refractivity contribution in [3.63, 3.8) is 0 Å². The van der Waals surface area contributed by atoms with E-state index in [-0.39, 0.29) is 17.2 Å². The molecule has 0 unspecified atom stereocenters. The van der Waals surface area contributed by atoms with Gasteiger partial charge in [-0.05, 0) is 47.0 Å². The quantitative estimate of drug-likeness (QED) is 0.767. The van der Waals surface area contributed by atoms with E-state index in [1.165, 1.54) is 0 Å². The molecule has 0 heterocycles. The summed E-state index contributed by atoms with van der Waals surface area (Å²) in [6.07, 6.45) is 4.13. The molecule has 0 atom stereocenters. The van der Waals surface area contributed by atoms with E-state index in [1.807, 2.05) is 27.7 Å². The number of carbonyl (C=O) groups is 1. The number of hydrogen-bond acceptors (Lipinski definition) is 4. The summed E-state index contributed by atoms with van der Waals surface area (Å²) in [5, 5.41) is 6.30. The van der Waals surface area contributed by atoms with Crippen LogP contribution in [-0.4, -0.2) is 29.0 Å². The standard InChI is InChI=1S/C14H23N3O2/c1-6-15-10(2)16-13-7-14(8-13,9-13)17-11(18)19-12(3,4)5/h6,16H,2,7-9H2,1,3-5H3,(H,17,18). The normalized spacial score (nSPS) is 32.2. The van der Waals surface area contributed by atoms with E-state index in [0.29, 0.717) is 5.82 Å². The molecule has 0 aromatic heterocycles. The Morgan fingerprint density at radius 3 is 2.26 bits per heavy atom. The van der Waals surface area contributed by atoms with Gasteiger partial charge in [-0.15, -0.1) is 0 Å². The van der Waals surface area contributed by atoms with E-state index in [1.54, 1.807) is 6.21 Å². The van der Waals surface area contributed by atoms with Crippen molar-refractivity contribution in [2.45, 2.75) is 63.6 Å². The first-order chi connectivity index (χ1) is 8.68. The van der Waals surface area contributed by atoms with E-state index in [4.69, 9.17) is 4.74 Å². The molecule has 0 aliphatic heterocycles. The predicted octanol–water partition coefficient (Wildman–Crippen LogP) is 2.34. The molecule has 2 N–H and O–H groups in total. The van der Waals surface area contributed by atoms with Gasteiger partial charge >= 0.3 is 6.09 Å². The molecule has 3 aliphatic carbocycles. The predicted molar refractivity (Wildman–Crippen MR) is 75.1 cm³/mol. The summed E-state index contributed by atoms with van der Waals surface area (Å²) in [5.41, 5.74) is -0.447.